The molecular formula is C17H40O4Si3. The maximum atomic E-state index is 11.6. The van der Waals surface area contributed by atoms with Gasteiger partial charge in [0.15, 0.2) is 17.4 Å². The third-order valence-electron chi connectivity index (χ3n) is 4.15. The fraction of sp³-hybridized carbons (Fsp3) is 0.941. The fourth-order valence-electron chi connectivity index (χ4n) is 2.74. The number of rotatable bonds is 13. The molecule has 0 bridgehead atoms. The summed E-state index contributed by atoms with van der Waals surface area (Å²) in [5.41, 5.74) is 0. The highest BCUT2D eigenvalue weighted by atomic mass is 28.5. The van der Waals surface area contributed by atoms with Crippen molar-refractivity contribution in [3.05, 3.63) is 0 Å². The first-order valence-electron chi connectivity index (χ1n) is 9.57. The monoisotopic (exact) mass is 392 g/mol. The average Bonchev–Trinajstić information content (AvgIpc) is 2.46. The molecule has 0 saturated heterocycles. The topological polar surface area (TPSA) is 44.8 Å². The summed E-state index contributed by atoms with van der Waals surface area (Å²) in [6.07, 6.45) is 4.21. The lowest BCUT2D eigenvalue weighted by Crippen LogP contribution is -2.48. The molecule has 0 heterocycles. The van der Waals surface area contributed by atoms with E-state index in [0.717, 1.165) is 18.9 Å². The van der Waals surface area contributed by atoms with Crippen LogP contribution in [-0.2, 0) is 17.8 Å². The van der Waals surface area contributed by atoms with E-state index in [2.05, 4.69) is 39.7 Å². The van der Waals surface area contributed by atoms with Crippen LogP contribution in [-0.4, -0.2) is 38.5 Å². The average molecular weight is 393 g/mol. The van der Waals surface area contributed by atoms with E-state index in [0.29, 0.717) is 6.61 Å². The van der Waals surface area contributed by atoms with Gasteiger partial charge in [0.1, 0.15) is 0 Å². The van der Waals surface area contributed by atoms with Gasteiger partial charge in [-0.3, -0.25) is 4.79 Å². The highest BCUT2D eigenvalue weighted by molar-refractivity contribution is 6.84. The molecule has 0 rings (SSSR count). The quantitative estimate of drug-likeness (QED) is 0.250. The minimum atomic E-state index is -2.04. The molecule has 0 aromatic carbocycles. The van der Waals surface area contributed by atoms with Gasteiger partial charge in [-0.2, -0.15) is 0 Å². The van der Waals surface area contributed by atoms with Crippen molar-refractivity contribution < 1.29 is 17.8 Å². The molecule has 0 aliphatic rings. The maximum absolute atomic E-state index is 11.6. The van der Waals surface area contributed by atoms with Gasteiger partial charge >= 0.3 is 14.5 Å². The van der Waals surface area contributed by atoms with E-state index >= 15 is 0 Å². The molecule has 24 heavy (non-hydrogen) atoms. The van der Waals surface area contributed by atoms with Crippen molar-refractivity contribution in [1.29, 1.82) is 0 Å². The molecule has 0 radical (unpaired) electrons. The van der Waals surface area contributed by atoms with Gasteiger partial charge < -0.3 is 13.0 Å². The molecule has 0 saturated carbocycles. The van der Waals surface area contributed by atoms with Crippen LogP contribution in [0.4, 0.5) is 0 Å². The van der Waals surface area contributed by atoms with Crippen LogP contribution < -0.4 is 0 Å². The SMILES string of the molecule is CCCC[Si](C)(C)O[Si](C)(C)O[SiH](C)CCCOC(=O)C(C)CC. The van der Waals surface area contributed by atoms with Crippen LogP contribution >= 0.6 is 0 Å². The van der Waals surface area contributed by atoms with Gasteiger partial charge in [0.2, 0.25) is 0 Å². The second-order valence-electron chi connectivity index (χ2n) is 7.91. The molecule has 2 unspecified atom stereocenters. The summed E-state index contributed by atoms with van der Waals surface area (Å²) in [5, 5.41) is 0. The zero-order valence-corrected chi connectivity index (χ0v) is 20.4. The molecule has 0 aliphatic carbocycles. The summed E-state index contributed by atoms with van der Waals surface area (Å²) in [7, 11) is -4.92. The number of carbonyl (C=O) groups excluding carboxylic acids is 1. The molecule has 0 aromatic heterocycles. The minimum Gasteiger partial charge on any atom is -0.465 e. The van der Waals surface area contributed by atoms with Gasteiger partial charge in [-0.15, -0.1) is 0 Å². The lowest BCUT2D eigenvalue weighted by Gasteiger charge is -2.35. The molecular weight excluding hydrogens is 352 g/mol. The first kappa shape index (κ1) is 24.0. The lowest BCUT2D eigenvalue weighted by molar-refractivity contribution is -0.148. The number of esters is 1. The van der Waals surface area contributed by atoms with Gasteiger partial charge in [-0.1, -0.05) is 33.6 Å². The van der Waals surface area contributed by atoms with Crippen molar-refractivity contribution in [2.24, 2.45) is 5.92 Å². The van der Waals surface area contributed by atoms with Crippen molar-refractivity contribution in [3.63, 3.8) is 0 Å². The standard InChI is InChI=1S/C17H40O4Si3/c1-9-11-15-23(5,6)21-24(7,8)20-22(4)14-12-13-19-17(18)16(3)10-2/h16,22H,9-15H2,1-8H3. The second-order valence-corrected chi connectivity index (χ2v) is 18.7. The van der Waals surface area contributed by atoms with Crippen LogP contribution in [0.25, 0.3) is 0 Å². The van der Waals surface area contributed by atoms with Crippen LogP contribution in [0.5, 0.6) is 0 Å². The highest BCUT2D eigenvalue weighted by Gasteiger charge is 2.35. The molecule has 4 nitrogen and oxygen atoms in total. The fourth-order valence-corrected chi connectivity index (χ4v) is 15.4. The van der Waals surface area contributed by atoms with Crippen molar-refractivity contribution in [3.8, 4) is 0 Å². The van der Waals surface area contributed by atoms with Gasteiger partial charge in [-0.05, 0) is 57.7 Å². The van der Waals surface area contributed by atoms with Crippen molar-refractivity contribution >= 4 is 31.9 Å². The normalized spacial score (nSPS) is 15.2. The Hall–Kier alpha value is 0.0406. The van der Waals surface area contributed by atoms with Gasteiger partial charge in [0.05, 0.1) is 12.5 Å². The van der Waals surface area contributed by atoms with Crippen molar-refractivity contribution in [2.75, 3.05) is 6.61 Å². The summed E-state index contributed by atoms with van der Waals surface area (Å²) < 4.78 is 18.2. The third-order valence-corrected chi connectivity index (χ3v) is 15.0. The Kier molecular flexibility index (Phi) is 11.6. The number of hydrogen-bond donors (Lipinski definition) is 0. The molecule has 0 spiro atoms. The molecule has 0 amide bonds. The molecule has 2 atom stereocenters. The van der Waals surface area contributed by atoms with Gasteiger partial charge in [0, 0.05) is 0 Å². The summed E-state index contributed by atoms with van der Waals surface area (Å²) in [4.78, 5) is 11.6. The van der Waals surface area contributed by atoms with E-state index in [1.807, 2.05) is 13.8 Å². The summed E-state index contributed by atoms with van der Waals surface area (Å²) >= 11 is 0. The van der Waals surface area contributed by atoms with Crippen molar-refractivity contribution in [1.82, 2.24) is 0 Å². The Labute approximate surface area is 153 Å². The van der Waals surface area contributed by atoms with E-state index in [4.69, 9.17) is 13.0 Å². The molecule has 0 N–H and O–H groups in total. The van der Waals surface area contributed by atoms with Gasteiger partial charge in [-0.25, -0.2) is 0 Å². The van der Waals surface area contributed by atoms with E-state index < -0.39 is 25.9 Å². The molecule has 0 aliphatic heterocycles. The Balaban J connectivity index is 4.11. The lowest BCUT2D eigenvalue weighted by atomic mass is 10.1. The smallest absolute Gasteiger partial charge is 0.310 e. The van der Waals surface area contributed by atoms with E-state index in [1.165, 1.54) is 18.9 Å². The summed E-state index contributed by atoms with van der Waals surface area (Å²) in [5.74, 6) is -0.0691. The second kappa shape index (κ2) is 11.6. The van der Waals surface area contributed by atoms with E-state index in [9.17, 15) is 4.79 Å². The molecule has 7 heteroatoms. The zero-order chi connectivity index (χ0) is 18.8. The van der Waals surface area contributed by atoms with Crippen LogP contribution in [0.1, 0.15) is 46.5 Å². The molecule has 0 fully saturated rings. The molecule has 0 aromatic rings. The van der Waals surface area contributed by atoms with Crippen LogP contribution in [0.15, 0.2) is 0 Å². The minimum absolute atomic E-state index is 0.00553. The molecule has 144 valence electrons. The predicted octanol–water partition coefficient (Wildman–Crippen LogP) is 5.06. The van der Waals surface area contributed by atoms with Crippen molar-refractivity contribution in [2.45, 2.75) is 91.3 Å². The maximum Gasteiger partial charge on any atom is 0.310 e. The van der Waals surface area contributed by atoms with Crippen LogP contribution in [0.2, 0.25) is 44.8 Å². The van der Waals surface area contributed by atoms with E-state index in [-0.39, 0.29) is 11.9 Å². The van der Waals surface area contributed by atoms with Crippen LogP contribution in [0.3, 0.4) is 0 Å². The summed E-state index contributed by atoms with van der Waals surface area (Å²) in [6.45, 7) is 17.9. The predicted molar refractivity (Wildman–Crippen MR) is 110 cm³/mol. The van der Waals surface area contributed by atoms with E-state index in [1.54, 1.807) is 0 Å². The Bertz CT molecular complexity index is 362. The highest BCUT2D eigenvalue weighted by Crippen LogP contribution is 2.22. The Morgan fingerprint density at radius 2 is 1.75 bits per heavy atom. The zero-order valence-electron chi connectivity index (χ0n) is 17.2. The number of ether oxygens (including phenoxy) is 1. The number of unbranched alkanes of at least 4 members (excludes halogenated alkanes) is 1. The first-order chi connectivity index (χ1) is 11.0. The Morgan fingerprint density at radius 3 is 2.29 bits per heavy atom. The Morgan fingerprint density at radius 1 is 1.12 bits per heavy atom. The number of carbonyl (C=O) groups is 1. The van der Waals surface area contributed by atoms with Gasteiger partial charge in [0.25, 0.3) is 0 Å². The number of hydrogen-bond acceptors (Lipinski definition) is 4. The summed E-state index contributed by atoms with van der Waals surface area (Å²) in [6, 6.07) is 2.25. The third kappa shape index (κ3) is 11.6. The van der Waals surface area contributed by atoms with Crippen LogP contribution in [0, 0.1) is 5.92 Å². The largest absolute Gasteiger partial charge is 0.465 e. The first-order valence-corrected chi connectivity index (χ1v) is 17.9.